The van der Waals surface area contributed by atoms with Gasteiger partial charge >= 0.3 is 110 Å². The average molecular weight is 345 g/mol. The van der Waals surface area contributed by atoms with Crippen LogP contribution in [0, 0.1) is 10.5 Å². The van der Waals surface area contributed by atoms with Crippen molar-refractivity contribution in [1.82, 2.24) is 9.61 Å². The molecule has 3 nitrogen and oxygen atoms in total. The van der Waals surface area contributed by atoms with Crippen LogP contribution in [-0.4, -0.2) is 25.5 Å². The van der Waals surface area contributed by atoms with Crippen molar-refractivity contribution < 1.29 is 0 Å². The van der Waals surface area contributed by atoms with Crippen LogP contribution in [0.15, 0.2) is 24.4 Å². The molecule has 2 N–H and O–H groups in total. The first-order valence-corrected chi connectivity index (χ1v) is 10.7. The Hall–Kier alpha value is -0.620. The third kappa shape index (κ3) is 2.80. The summed E-state index contributed by atoms with van der Waals surface area (Å²) >= 11 is -1.05. The third-order valence-corrected chi connectivity index (χ3v) is 8.39. The fraction of sp³-hybridized carbons (Fsp3) is 0.462. The summed E-state index contributed by atoms with van der Waals surface area (Å²) in [5.74, 6) is 0. The van der Waals surface area contributed by atoms with Gasteiger partial charge in [0.25, 0.3) is 0 Å². The van der Waals surface area contributed by atoms with Gasteiger partial charge in [0.15, 0.2) is 0 Å². The number of nitrogens with zero attached hydrogens (tertiary/aromatic N) is 2. The first-order valence-electron chi connectivity index (χ1n) is 5.94. The van der Waals surface area contributed by atoms with Crippen LogP contribution in [-0.2, 0) is 0 Å². The third-order valence-electron chi connectivity index (χ3n) is 2.83. The molecule has 0 radical (unpaired) electrons. The van der Waals surface area contributed by atoms with Gasteiger partial charge in [0.2, 0.25) is 0 Å². The second-order valence-corrected chi connectivity index (χ2v) is 9.73. The van der Waals surface area contributed by atoms with Crippen LogP contribution in [0.25, 0.3) is 5.52 Å². The van der Waals surface area contributed by atoms with Crippen LogP contribution in [0.5, 0.6) is 0 Å². The van der Waals surface area contributed by atoms with E-state index < -0.39 is 19.8 Å². The van der Waals surface area contributed by atoms with Crippen LogP contribution in [0.3, 0.4) is 0 Å². The van der Waals surface area contributed by atoms with Crippen molar-refractivity contribution in [2.75, 3.05) is 15.9 Å². The van der Waals surface area contributed by atoms with E-state index in [1.807, 2.05) is 16.8 Å². The SMILES string of the molecule is Cc1nn2ccccc2c1I(C)CCCCN. The van der Waals surface area contributed by atoms with E-state index in [1.165, 1.54) is 22.1 Å². The fourth-order valence-corrected chi connectivity index (χ4v) is 7.05. The molecule has 2 aromatic rings. The number of halogens is 1. The maximum absolute atomic E-state index is 5.55. The van der Waals surface area contributed by atoms with Gasteiger partial charge in [-0.1, -0.05) is 0 Å². The molecule has 0 atom stereocenters. The minimum absolute atomic E-state index is 0.817. The summed E-state index contributed by atoms with van der Waals surface area (Å²) in [6.45, 7) is 2.96. The Bertz CT molecular complexity index is 492. The predicted octanol–water partition coefficient (Wildman–Crippen LogP) is 2.69. The maximum atomic E-state index is 5.55. The molecule has 4 heteroatoms. The molecule has 0 spiro atoms. The van der Waals surface area contributed by atoms with Crippen molar-refractivity contribution in [2.24, 2.45) is 5.73 Å². The molecule has 0 unspecified atom stereocenters. The van der Waals surface area contributed by atoms with E-state index >= 15 is 0 Å². The number of aryl methyl sites for hydroxylation is 1. The number of aromatic nitrogens is 2. The number of hydrogen-bond donors (Lipinski definition) is 1. The number of hydrogen-bond acceptors (Lipinski definition) is 2. The molecule has 0 amide bonds. The van der Waals surface area contributed by atoms with E-state index in [0.717, 1.165) is 13.0 Å². The van der Waals surface area contributed by atoms with E-state index in [0.29, 0.717) is 0 Å². The van der Waals surface area contributed by atoms with Gasteiger partial charge in [-0.05, 0) is 0 Å². The molecule has 17 heavy (non-hydrogen) atoms. The molecule has 0 fully saturated rings. The molecule has 0 aromatic carbocycles. The normalized spacial score (nSPS) is 12.1. The molecule has 0 aliphatic heterocycles. The van der Waals surface area contributed by atoms with Gasteiger partial charge in [-0.3, -0.25) is 0 Å². The molecule has 2 heterocycles. The zero-order valence-electron chi connectivity index (χ0n) is 10.5. The molecule has 0 bridgehead atoms. The molecule has 0 saturated carbocycles. The van der Waals surface area contributed by atoms with Crippen LogP contribution >= 0.6 is 19.8 Å². The van der Waals surface area contributed by atoms with Gasteiger partial charge in [0.1, 0.15) is 0 Å². The second kappa shape index (κ2) is 5.82. The van der Waals surface area contributed by atoms with E-state index in [1.54, 1.807) is 3.57 Å². The van der Waals surface area contributed by atoms with Crippen molar-refractivity contribution in [2.45, 2.75) is 19.8 Å². The summed E-state index contributed by atoms with van der Waals surface area (Å²) in [4.78, 5) is 2.44. The van der Waals surface area contributed by atoms with Crippen LogP contribution in [0.4, 0.5) is 0 Å². The van der Waals surface area contributed by atoms with Gasteiger partial charge in [0.05, 0.1) is 0 Å². The van der Waals surface area contributed by atoms with Gasteiger partial charge in [0, 0.05) is 0 Å². The van der Waals surface area contributed by atoms with Crippen molar-refractivity contribution >= 4 is 25.3 Å². The van der Waals surface area contributed by atoms with Crippen molar-refractivity contribution in [3.8, 4) is 0 Å². The summed E-state index contributed by atoms with van der Waals surface area (Å²) in [5, 5.41) is 4.59. The number of unbranched alkanes of at least 4 members (excludes halogenated alkanes) is 1. The zero-order valence-corrected chi connectivity index (χ0v) is 12.6. The van der Waals surface area contributed by atoms with E-state index in [-0.39, 0.29) is 0 Å². The quantitative estimate of drug-likeness (QED) is 0.514. The Labute approximate surface area is 110 Å². The summed E-state index contributed by atoms with van der Waals surface area (Å²) in [6, 6.07) is 6.32. The molecular weight excluding hydrogens is 325 g/mol. The molecular formula is C13H20IN3. The van der Waals surface area contributed by atoms with E-state index in [2.05, 4.69) is 29.1 Å². The average Bonchev–Trinajstić information content (AvgIpc) is 2.65. The van der Waals surface area contributed by atoms with Gasteiger partial charge in [-0.25, -0.2) is 0 Å². The predicted molar refractivity (Wildman–Crippen MR) is 81.7 cm³/mol. The Morgan fingerprint density at radius 2 is 2.18 bits per heavy atom. The van der Waals surface area contributed by atoms with Gasteiger partial charge < -0.3 is 0 Å². The van der Waals surface area contributed by atoms with Crippen molar-refractivity contribution in [3.05, 3.63) is 33.7 Å². The first-order chi connectivity index (χ1) is 8.24. The summed E-state index contributed by atoms with van der Waals surface area (Å²) in [7, 11) is 0. The zero-order chi connectivity index (χ0) is 12.3. The van der Waals surface area contributed by atoms with Crippen LogP contribution < -0.4 is 5.73 Å². The molecule has 0 aliphatic rings. The number of rotatable bonds is 5. The minimum atomic E-state index is -1.05. The van der Waals surface area contributed by atoms with Crippen molar-refractivity contribution in [3.63, 3.8) is 0 Å². The standard InChI is InChI=1S/C13H20IN3/c1-11-13(14(2)8-4-5-9-15)12-7-3-6-10-17(12)16-11/h3,6-7,10H,4-5,8-9,15H2,1-2H3. The molecule has 0 saturated heterocycles. The summed E-state index contributed by atoms with van der Waals surface area (Å²) in [6.07, 6.45) is 4.46. The number of alkyl halides is 2. The van der Waals surface area contributed by atoms with Crippen LogP contribution in [0.1, 0.15) is 18.5 Å². The van der Waals surface area contributed by atoms with E-state index in [9.17, 15) is 0 Å². The van der Waals surface area contributed by atoms with E-state index in [4.69, 9.17) is 5.73 Å². The Morgan fingerprint density at radius 3 is 2.94 bits per heavy atom. The van der Waals surface area contributed by atoms with Gasteiger partial charge in [-0.15, -0.1) is 0 Å². The fourth-order valence-electron chi connectivity index (χ4n) is 2.02. The molecule has 2 rings (SSSR count). The second-order valence-electron chi connectivity index (χ2n) is 4.20. The van der Waals surface area contributed by atoms with Gasteiger partial charge in [-0.2, -0.15) is 0 Å². The number of pyridine rings is 1. The number of nitrogens with two attached hydrogens (primary N) is 1. The molecule has 2 aromatic heterocycles. The monoisotopic (exact) mass is 345 g/mol. The Morgan fingerprint density at radius 1 is 1.35 bits per heavy atom. The Kier molecular flexibility index (Phi) is 4.39. The summed E-state index contributed by atoms with van der Waals surface area (Å²) < 4.78 is 4.91. The summed E-state index contributed by atoms with van der Waals surface area (Å²) in [5.41, 5.74) is 8.08. The first kappa shape index (κ1) is 12.8. The van der Waals surface area contributed by atoms with Crippen molar-refractivity contribution in [1.29, 1.82) is 0 Å². The molecule has 94 valence electrons. The Balaban J connectivity index is 2.24. The number of fused-ring (bicyclic) bond motifs is 1. The molecule has 0 aliphatic carbocycles. The van der Waals surface area contributed by atoms with Crippen LogP contribution in [0.2, 0.25) is 0 Å². The topological polar surface area (TPSA) is 43.3 Å².